The van der Waals surface area contributed by atoms with Gasteiger partial charge in [0.15, 0.2) is 0 Å². The highest BCUT2D eigenvalue weighted by Crippen LogP contribution is 2.45. The average Bonchev–Trinajstić information content (AvgIpc) is 2.86. The number of carbonyl (C=O) groups excluding carboxylic acids is 1. The van der Waals surface area contributed by atoms with Crippen LogP contribution in [-0.4, -0.2) is 11.6 Å². The summed E-state index contributed by atoms with van der Waals surface area (Å²) < 4.78 is 12.5. The van der Waals surface area contributed by atoms with Crippen LogP contribution >= 0.6 is 0 Å². The first kappa shape index (κ1) is 34.5. The molecule has 0 amide bonds. The van der Waals surface area contributed by atoms with Crippen molar-refractivity contribution in [2.75, 3.05) is 0 Å². The Morgan fingerprint density at radius 1 is 0.868 bits per heavy atom. The predicted octanol–water partition coefficient (Wildman–Crippen LogP) is 10.9. The van der Waals surface area contributed by atoms with E-state index in [2.05, 4.69) is 55.4 Å². The van der Waals surface area contributed by atoms with Crippen LogP contribution in [0.2, 0.25) is 0 Å². The molecule has 0 N–H and O–H groups in total. The van der Waals surface area contributed by atoms with E-state index in [1.165, 1.54) is 56.9 Å². The Morgan fingerprint density at radius 2 is 1.42 bits per heavy atom. The summed E-state index contributed by atoms with van der Waals surface area (Å²) in [6.45, 7) is 24.1. The molecule has 38 heavy (non-hydrogen) atoms. The Bertz CT molecular complexity index is 840. The minimum atomic E-state index is -0.140. The fourth-order valence-corrected chi connectivity index (χ4v) is 5.78. The third-order valence-electron chi connectivity index (χ3n) is 8.51. The normalized spacial score (nSPS) is 18.2. The van der Waals surface area contributed by atoms with Gasteiger partial charge in [-0.05, 0) is 94.2 Å². The van der Waals surface area contributed by atoms with Crippen molar-refractivity contribution in [1.29, 1.82) is 0 Å². The number of hydrogen-bond acceptors (Lipinski definition) is 3. The quantitative estimate of drug-likeness (QED) is 0.167. The fourth-order valence-electron chi connectivity index (χ4n) is 5.78. The fraction of sp³-hybridized carbons (Fsp3) is 0.800. The lowest BCUT2D eigenvalue weighted by molar-refractivity contribution is -0.134. The van der Waals surface area contributed by atoms with Crippen molar-refractivity contribution in [2.45, 2.75) is 165 Å². The Hall–Kier alpha value is -1.51. The van der Waals surface area contributed by atoms with Crippen molar-refractivity contribution in [2.24, 2.45) is 17.8 Å². The first-order chi connectivity index (χ1) is 18.0. The number of fused-ring (bicyclic) bond motifs is 1. The topological polar surface area (TPSA) is 35.5 Å². The molecule has 3 unspecified atom stereocenters. The van der Waals surface area contributed by atoms with Gasteiger partial charge in [-0.2, -0.15) is 0 Å². The molecule has 3 nitrogen and oxygen atoms in total. The van der Waals surface area contributed by atoms with Crippen LogP contribution in [0.3, 0.4) is 0 Å². The van der Waals surface area contributed by atoms with Crippen LogP contribution in [0.15, 0.2) is 0 Å². The van der Waals surface area contributed by atoms with Gasteiger partial charge < -0.3 is 9.47 Å². The van der Waals surface area contributed by atoms with Gasteiger partial charge in [0.2, 0.25) is 0 Å². The van der Waals surface area contributed by atoms with E-state index in [1.807, 2.05) is 20.8 Å². The van der Waals surface area contributed by atoms with Gasteiger partial charge in [0, 0.05) is 12.0 Å². The molecule has 2 rings (SSSR count). The van der Waals surface area contributed by atoms with E-state index in [1.54, 1.807) is 0 Å². The highest BCUT2D eigenvalue weighted by molar-refractivity contribution is 5.74. The zero-order chi connectivity index (χ0) is 28.9. The number of carbonyl (C=O) groups is 1. The first-order valence-electron chi connectivity index (χ1n) is 16.0. The summed E-state index contributed by atoms with van der Waals surface area (Å²) in [6.07, 6.45) is 15.1. The van der Waals surface area contributed by atoms with Crippen molar-refractivity contribution in [1.82, 2.24) is 0 Å². The van der Waals surface area contributed by atoms with Gasteiger partial charge in [-0.1, -0.05) is 93.4 Å². The van der Waals surface area contributed by atoms with Crippen LogP contribution in [0.1, 0.15) is 155 Å². The molecule has 1 heterocycles. The molecule has 3 atom stereocenters. The average molecular weight is 531 g/mol. The van der Waals surface area contributed by atoms with Gasteiger partial charge >= 0.3 is 5.97 Å². The van der Waals surface area contributed by atoms with Crippen molar-refractivity contribution in [3.63, 3.8) is 0 Å². The third kappa shape index (κ3) is 10.9. The molecule has 1 aliphatic heterocycles. The highest BCUT2D eigenvalue weighted by atomic mass is 16.5. The van der Waals surface area contributed by atoms with Gasteiger partial charge in [0.05, 0.1) is 0 Å². The maximum Gasteiger partial charge on any atom is 0.311 e. The van der Waals surface area contributed by atoms with Gasteiger partial charge in [-0.3, -0.25) is 4.79 Å². The molecule has 0 fully saturated rings. The van der Waals surface area contributed by atoms with Crippen LogP contribution in [0.25, 0.3) is 0 Å². The summed E-state index contributed by atoms with van der Waals surface area (Å²) in [5, 5.41) is 0. The minimum Gasteiger partial charge on any atom is -0.487 e. The van der Waals surface area contributed by atoms with E-state index in [9.17, 15) is 4.79 Å². The molecule has 1 aliphatic rings. The molecule has 0 saturated carbocycles. The Morgan fingerprint density at radius 3 is 1.97 bits per heavy atom. The summed E-state index contributed by atoms with van der Waals surface area (Å²) in [4.78, 5) is 12.2. The number of benzene rings is 1. The molecule has 3 heteroatoms. The molecule has 0 aliphatic carbocycles. The van der Waals surface area contributed by atoms with E-state index < -0.39 is 0 Å². The van der Waals surface area contributed by atoms with Crippen molar-refractivity contribution >= 4 is 5.97 Å². The van der Waals surface area contributed by atoms with Crippen LogP contribution in [-0.2, 0) is 11.2 Å². The zero-order valence-electron chi connectivity index (χ0n) is 27.1. The number of hydrogen-bond donors (Lipinski definition) is 0. The minimum absolute atomic E-state index is 0.109. The second kappa shape index (κ2) is 17.2. The van der Waals surface area contributed by atoms with E-state index >= 15 is 0 Å². The Labute approximate surface area is 236 Å². The largest absolute Gasteiger partial charge is 0.487 e. The number of rotatable bonds is 15. The van der Waals surface area contributed by atoms with Crippen molar-refractivity contribution < 1.29 is 14.3 Å². The van der Waals surface area contributed by atoms with Crippen molar-refractivity contribution in [3.8, 4) is 11.5 Å². The summed E-state index contributed by atoms with van der Waals surface area (Å²) >= 11 is 0. The molecule has 1 aromatic carbocycles. The molecule has 0 aromatic heterocycles. The first-order valence-corrected chi connectivity index (χ1v) is 16.0. The molecule has 0 bridgehead atoms. The molecule has 220 valence electrons. The van der Waals surface area contributed by atoms with Crippen LogP contribution < -0.4 is 9.47 Å². The number of ether oxygens (including phenoxy) is 2. The highest BCUT2D eigenvalue weighted by Gasteiger charge is 2.34. The molecule has 0 spiro atoms. The third-order valence-corrected chi connectivity index (χ3v) is 8.51. The number of esters is 1. The van der Waals surface area contributed by atoms with Crippen LogP contribution in [0.5, 0.6) is 11.5 Å². The maximum absolute atomic E-state index is 12.2. The molecule has 0 saturated heterocycles. The monoisotopic (exact) mass is 530 g/mol. The summed E-state index contributed by atoms with van der Waals surface area (Å²) in [5.41, 5.74) is 4.35. The maximum atomic E-state index is 12.2. The van der Waals surface area contributed by atoms with Gasteiger partial charge in [-0.15, -0.1) is 0 Å². The standard InChI is InChI=1S/C33H56O3.C2H6/c1-10-14-30(34)35-31-26(6)27(7)32-29(28(31)8)20-22-33(9,36-32)21-13-19-25(5)18-12-17-24(4)16-11-15-23(2)3;1-2/h23-25H,10-22H2,1-9H3;1-2H3. The van der Waals surface area contributed by atoms with Crippen molar-refractivity contribution in [3.05, 3.63) is 22.3 Å². The smallest absolute Gasteiger partial charge is 0.311 e. The van der Waals surface area contributed by atoms with Gasteiger partial charge in [0.1, 0.15) is 17.1 Å². The SMILES string of the molecule is CC.CCCC(=O)Oc1c(C)c(C)c2c(c1C)CCC(C)(CCCC(C)CCCC(C)CCCC(C)C)O2. The second-order valence-corrected chi connectivity index (χ2v) is 12.6. The van der Waals surface area contributed by atoms with Gasteiger partial charge in [0.25, 0.3) is 0 Å². The van der Waals surface area contributed by atoms with E-state index in [-0.39, 0.29) is 11.6 Å². The van der Waals surface area contributed by atoms with Crippen LogP contribution in [0, 0.1) is 38.5 Å². The predicted molar refractivity (Wildman–Crippen MR) is 165 cm³/mol. The zero-order valence-corrected chi connectivity index (χ0v) is 27.1. The molecule has 1 aromatic rings. The lowest BCUT2D eigenvalue weighted by Gasteiger charge is -2.38. The molecular formula is C35H62O3. The summed E-state index contributed by atoms with van der Waals surface area (Å²) in [6, 6.07) is 0. The van der Waals surface area contributed by atoms with E-state index in [0.29, 0.717) is 6.42 Å². The Kier molecular flexibility index (Phi) is 15.7. The van der Waals surface area contributed by atoms with Crippen LogP contribution in [0.4, 0.5) is 0 Å². The second-order valence-electron chi connectivity index (χ2n) is 12.6. The lowest BCUT2D eigenvalue weighted by Crippen LogP contribution is -2.37. The molecule has 0 radical (unpaired) electrons. The Balaban J connectivity index is 0.00000352. The van der Waals surface area contributed by atoms with Gasteiger partial charge in [-0.25, -0.2) is 0 Å². The summed E-state index contributed by atoms with van der Waals surface area (Å²) in [7, 11) is 0. The van der Waals surface area contributed by atoms with E-state index in [4.69, 9.17) is 9.47 Å². The lowest BCUT2D eigenvalue weighted by atomic mass is 9.83. The van der Waals surface area contributed by atoms with E-state index in [0.717, 1.165) is 71.6 Å². The summed E-state index contributed by atoms with van der Waals surface area (Å²) in [5.74, 6) is 4.15. The molecular weight excluding hydrogens is 468 g/mol.